The lowest BCUT2D eigenvalue weighted by atomic mass is 9.95. The summed E-state index contributed by atoms with van der Waals surface area (Å²) in [5, 5.41) is 8.99. The average Bonchev–Trinajstić information content (AvgIpc) is 2.54. The Kier molecular flexibility index (Phi) is 4.99. The molecule has 0 aliphatic carbocycles. The Morgan fingerprint density at radius 1 is 1.39 bits per heavy atom. The van der Waals surface area contributed by atoms with Crippen molar-refractivity contribution in [2.24, 2.45) is 5.73 Å². The van der Waals surface area contributed by atoms with Crippen LogP contribution in [0.25, 0.3) is 0 Å². The van der Waals surface area contributed by atoms with Crippen LogP contribution in [0.5, 0.6) is 0 Å². The van der Waals surface area contributed by atoms with Crippen molar-refractivity contribution in [3.63, 3.8) is 0 Å². The molecular weight excluding hydrogens is 317 g/mol. The van der Waals surface area contributed by atoms with Crippen molar-refractivity contribution in [1.82, 2.24) is 0 Å². The number of nitrogens with two attached hydrogens (primary N) is 2. The van der Waals surface area contributed by atoms with Gasteiger partial charge in [0, 0.05) is 22.9 Å². The van der Waals surface area contributed by atoms with Gasteiger partial charge in [-0.15, -0.1) is 0 Å². The normalized spacial score (nSPS) is 11.8. The number of nitrogen functional groups attached to an aromatic ring is 1. The van der Waals surface area contributed by atoms with E-state index in [1.54, 1.807) is 0 Å². The second kappa shape index (κ2) is 6.78. The Morgan fingerprint density at radius 3 is 2.70 bits per heavy atom. The quantitative estimate of drug-likeness (QED) is 0.661. The number of rotatable bonds is 4. The molecule has 0 aliphatic heterocycles. The van der Waals surface area contributed by atoms with Crippen LogP contribution >= 0.6 is 11.6 Å². The fraction of sp³-hybridized carbons (Fsp3) is 0.176. The molecule has 0 radical (unpaired) electrons. The Morgan fingerprint density at radius 2 is 2.09 bits per heavy atom. The number of halogens is 2. The van der Waals surface area contributed by atoms with Crippen molar-refractivity contribution in [2.75, 3.05) is 5.73 Å². The first kappa shape index (κ1) is 16.9. The molecule has 6 heteroatoms. The summed E-state index contributed by atoms with van der Waals surface area (Å²) in [6.45, 7) is 1.82. The molecule has 23 heavy (non-hydrogen) atoms. The maximum atomic E-state index is 14.7. The minimum Gasteiger partial charge on any atom is -0.398 e. The van der Waals surface area contributed by atoms with Gasteiger partial charge in [0.25, 0.3) is 0 Å². The molecule has 0 heterocycles. The molecule has 0 spiro atoms. The summed E-state index contributed by atoms with van der Waals surface area (Å²) in [6.07, 6.45) is 0.520. The highest BCUT2D eigenvalue weighted by atomic mass is 35.5. The van der Waals surface area contributed by atoms with Crippen LogP contribution in [-0.4, -0.2) is 5.78 Å². The summed E-state index contributed by atoms with van der Waals surface area (Å²) < 4.78 is 14.7. The summed E-state index contributed by atoms with van der Waals surface area (Å²) >= 11 is 6.01. The number of carbonyl (C=O) groups is 1. The molecule has 0 aromatic heterocycles. The van der Waals surface area contributed by atoms with Gasteiger partial charge in [0.05, 0.1) is 16.1 Å². The third-order valence-electron chi connectivity index (χ3n) is 3.62. The van der Waals surface area contributed by atoms with Crippen LogP contribution in [-0.2, 0) is 0 Å². The standard InChI is InChI=1S/C17H15ClFN3O/c1-2-13(21)11-4-5-12(18)15(16(11)19)17(23)9-3-6-14(22)10(7-9)8-20/h3-7,13H,2,21-22H2,1H3. The lowest BCUT2D eigenvalue weighted by molar-refractivity contribution is 0.103. The predicted molar refractivity (Wildman–Crippen MR) is 87.6 cm³/mol. The fourth-order valence-electron chi connectivity index (χ4n) is 2.22. The van der Waals surface area contributed by atoms with Crippen LogP contribution in [0.2, 0.25) is 5.02 Å². The van der Waals surface area contributed by atoms with Gasteiger partial charge in [0.1, 0.15) is 11.9 Å². The third-order valence-corrected chi connectivity index (χ3v) is 3.94. The van der Waals surface area contributed by atoms with Gasteiger partial charge in [0.2, 0.25) is 0 Å². The van der Waals surface area contributed by atoms with Gasteiger partial charge in [-0.3, -0.25) is 4.79 Å². The first-order chi connectivity index (χ1) is 10.9. The van der Waals surface area contributed by atoms with Crippen molar-refractivity contribution >= 4 is 23.1 Å². The molecule has 0 bridgehead atoms. The van der Waals surface area contributed by atoms with Crippen molar-refractivity contribution in [3.05, 3.63) is 63.4 Å². The van der Waals surface area contributed by atoms with Crippen LogP contribution < -0.4 is 11.5 Å². The summed E-state index contributed by atoms with van der Waals surface area (Å²) in [7, 11) is 0. The van der Waals surface area contributed by atoms with Gasteiger partial charge in [-0.1, -0.05) is 24.6 Å². The molecule has 0 saturated heterocycles. The summed E-state index contributed by atoms with van der Waals surface area (Å²) in [4.78, 5) is 12.6. The largest absolute Gasteiger partial charge is 0.398 e. The van der Waals surface area contributed by atoms with Crippen LogP contribution in [0.15, 0.2) is 30.3 Å². The number of nitrogens with zero attached hydrogens (tertiary/aromatic N) is 1. The maximum Gasteiger partial charge on any atom is 0.197 e. The van der Waals surface area contributed by atoms with E-state index in [2.05, 4.69) is 0 Å². The minimum atomic E-state index is -0.729. The van der Waals surface area contributed by atoms with Crippen molar-refractivity contribution in [3.8, 4) is 6.07 Å². The van der Waals surface area contributed by atoms with E-state index in [4.69, 9.17) is 28.3 Å². The Labute approximate surface area is 138 Å². The molecular formula is C17H15ClFN3O. The first-order valence-electron chi connectivity index (χ1n) is 6.98. The zero-order valence-corrected chi connectivity index (χ0v) is 13.2. The van der Waals surface area contributed by atoms with E-state index in [0.717, 1.165) is 0 Å². The monoisotopic (exact) mass is 331 g/mol. The van der Waals surface area contributed by atoms with Crippen molar-refractivity contribution < 1.29 is 9.18 Å². The Bertz CT molecular complexity index is 814. The molecule has 0 saturated carbocycles. The van der Waals surface area contributed by atoms with Gasteiger partial charge in [-0.2, -0.15) is 5.26 Å². The summed E-state index contributed by atoms with van der Waals surface area (Å²) in [5.41, 5.74) is 12.0. The van der Waals surface area contributed by atoms with E-state index < -0.39 is 17.6 Å². The Hall–Kier alpha value is -2.42. The number of benzene rings is 2. The predicted octanol–water partition coefficient (Wildman–Crippen LogP) is 3.57. The highest BCUT2D eigenvalue weighted by Crippen LogP contribution is 2.29. The van der Waals surface area contributed by atoms with Gasteiger partial charge in [-0.25, -0.2) is 4.39 Å². The molecule has 4 N–H and O–H groups in total. The first-order valence-corrected chi connectivity index (χ1v) is 7.36. The molecule has 0 aliphatic rings. The summed E-state index contributed by atoms with van der Waals surface area (Å²) in [5.74, 6) is -1.35. The number of anilines is 1. The van der Waals surface area contributed by atoms with Gasteiger partial charge in [0.15, 0.2) is 5.78 Å². The maximum absolute atomic E-state index is 14.7. The highest BCUT2D eigenvalue weighted by Gasteiger charge is 2.23. The molecule has 1 atom stereocenters. The molecule has 118 valence electrons. The van der Waals surface area contributed by atoms with E-state index in [0.29, 0.717) is 6.42 Å². The molecule has 0 amide bonds. The van der Waals surface area contributed by atoms with Gasteiger partial charge >= 0.3 is 0 Å². The van der Waals surface area contributed by atoms with Crippen molar-refractivity contribution in [2.45, 2.75) is 19.4 Å². The van der Waals surface area contributed by atoms with Crippen LogP contribution in [0.4, 0.5) is 10.1 Å². The second-order valence-corrected chi connectivity index (χ2v) is 5.49. The molecule has 2 aromatic rings. The van der Waals surface area contributed by atoms with Crippen LogP contribution in [0.1, 0.15) is 46.4 Å². The topological polar surface area (TPSA) is 92.9 Å². The minimum absolute atomic E-state index is 0.00474. The number of hydrogen-bond donors (Lipinski definition) is 2. The second-order valence-electron chi connectivity index (χ2n) is 5.08. The van der Waals surface area contributed by atoms with E-state index >= 15 is 0 Å². The zero-order valence-electron chi connectivity index (χ0n) is 12.4. The number of carbonyl (C=O) groups excluding carboxylic acids is 1. The zero-order chi connectivity index (χ0) is 17.1. The van der Waals surface area contributed by atoms with E-state index in [1.807, 2.05) is 13.0 Å². The highest BCUT2D eigenvalue weighted by molar-refractivity contribution is 6.35. The molecule has 0 fully saturated rings. The SMILES string of the molecule is CCC(N)c1ccc(Cl)c(C(=O)c2ccc(N)c(C#N)c2)c1F. The molecule has 4 nitrogen and oxygen atoms in total. The van der Waals surface area contributed by atoms with Crippen LogP contribution in [0, 0.1) is 17.1 Å². The average molecular weight is 332 g/mol. The van der Waals surface area contributed by atoms with Gasteiger partial charge < -0.3 is 11.5 Å². The lowest BCUT2D eigenvalue weighted by Gasteiger charge is -2.14. The van der Waals surface area contributed by atoms with E-state index in [-0.39, 0.29) is 33.0 Å². The number of nitriles is 1. The Balaban J connectivity index is 2.58. The number of ketones is 1. The van der Waals surface area contributed by atoms with Crippen LogP contribution in [0.3, 0.4) is 0 Å². The molecule has 2 rings (SSSR count). The van der Waals surface area contributed by atoms with E-state index in [9.17, 15) is 9.18 Å². The number of hydrogen-bond acceptors (Lipinski definition) is 4. The molecule has 2 aromatic carbocycles. The fourth-order valence-corrected chi connectivity index (χ4v) is 2.45. The summed E-state index contributed by atoms with van der Waals surface area (Å²) in [6, 6.07) is 8.47. The van der Waals surface area contributed by atoms with Gasteiger partial charge in [-0.05, 0) is 30.7 Å². The lowest BCUT2D eigenvalue weighted by Crippen LogP contribution is -2.15. The van der Waals surface area contributed by atoms with E-state index in [1.165, 1.54) is 30.3 Å². The van der Waals surface area contributed by atoms with Crippen molar-refractivity contribution in [1.29, 1.82) is 5.26 Å². The third kappa shape index (κ3) is 3.19. The molecule has 1 unspecified atom stereocenters. The smallest absolute Gasteiger partial charge is 0.197 e.